The zero-order chi connectivity index (χ0) is 20.6. The van der Waals surface area contributed by atoms with E-state index in [2.05, 4.69) is 10.1 Å². The number of amides is 1. The van der Waals surface area contributed by atoms with Crippen molar-refractivity contribution < 1.29 is 27.5 Å². The van der Waals surface area contributed by atoms with E-state index in [0.717, 1.165) is 5.56 Å². The molecule has 7 nitrogen and oxygen atoms in total. The Morgan fingerprint density at radius 1 is 1.32 bits per heavy atom. The summed E-state index contributed by atoms with van der Waals surface area (Å²) in [7, 11) is 0. The second-order valence-corrected chi connectivity index (χ2v) is 5.73. The van der Waals surface area contributed by atoms with Gasteiger partial charge in [0.15, 0.2) is 5.84 Å². The molecule has 1 amide bonds. The number of nitrogens with zero attached hydrogens (tertiary/aromatic N) is 2. The highest BCUT2D eigenvalue weighted by molar-refractivity contribution is 5.97. The van der Waals surface area contributed by atoms with Crippen molar-refractivity contribution in [1.82, 2.24) is 10.3 Å². The fraction of sp³-hybridized carbons (Fsp3) is 0.278. The van der Waals surface area contributed by atoms with Crippen molar-refractivity contribution in [1.29, 1.82) is 0 Å². The number of alkyl halides is 3. The Labute approximate surface area is 159 Å². The van der Waals surface area contributed by atoms with Crippen molar-refractivity contribution in [2.45, 2.75) is 25.8 Å². The van der Waals surface area contributed by atoms with E-state index in [1.807, 2.05) is 6.07 Å². The third kappa shape index (κ3) is 7.14. The lowest BCUT2D eigenvalue weighted by atomic mass is 10.2. The molecular formula is C18H19F3N4O3. The number of aromatic nitrogens is 1. The van der Waals surface area contributed by atoms with Gasteiger partial charge < -0.3 is 20.6 Å². The summed E-state index contributed by atoms with van der Waals surface area (Å²) in [6.07, 6.45) is -2.41. The summed E-state index contributed by atoms with van der Waals surface area (Å²) >= 11 is 0. The van der Waals surface area contributed by atoms with Crippen molar-refractivity contribution >= 4 is 11.7 Å². The number of nitrogens with one attached hydrogen (secondary N) is 1. The molecule has 1 atom stereocenters. The molecule has 0 radical (unpaired) electrons. The van der Waals surface area contributed by atoms with Crippen LogP contribution in [0.1, 0.15) is 18.1 Å². The lowest BCUT2D eigenvalue weighted by molar-refractivity contribution is -0.145. The van der Waals surface area contributed by atoms with Gasteiger partial charge in [-0.1, -0.05) is 23.4 Å². The highest BCUT2D eigenvalue weighted by Crippen LogP contribution is 2.15. The van der Waals surface area contributed by atoms with Crippen molar-refractivity contribution in [2.75, 3.05) is 6.54 Å². The van der Waals surface area contributed by atoms with Crippen LogP contribution in [0.15, 0.2) is 53.9 Å². The van der Waals surface area contributed by atoms with Crippen LogP contribution >= 0.6 is 0 Å². The smallest absolute Gasteiger partial charge is 0.405 e. The van der Waals surface area contributed by atoms with E-state index in [1.165, 1.54) is 6.92 Å². The molecule has 0 saturated carbocycles. The number of carbonyl (C=O) groups excluding carboxylic acids is 1. The number of ether oxygens (including phenoxy) is 1. The van der Waals surface area contributed by atoms with Gasteiger partial charge in [-0.15, -0.1) is 0 Å². The van der Waals surface area contributed by atoms with E-state index in [9.17, 15) is 18.0 Å². The first-order valence-corrected chi connectivity index (χ1v) is 8.20. The number of hydrogen-bond acceptors (Lipinski definition) is 5. The van der Waals surface area contributed by atoms with E-state index in [1.54, 1.807) is 48.0 Å². The van der Waals surface area contributed by atoms with Gasteiger partial charge in [0.25, 0.3) is 5.91 Å². The summed E-state index contributed by atoms with van der Waals surface area (Å²) in [6.45, 7) is 0.117. The number of pyridine rings is 1. The molecule has 28 heavy (non-hydrogen) atoms. The maximum absolute atomic E-state index is 12.1. The normalized spacial score (nSPS) is 12.9. The Morgan fingerprint density at radius 2 is 2.11 bits per heavy atom. The predicted octanol–water partition coefficient (Wildman–Crippen LogP) is 2.36. The molecule has 150 valence electrons. The van der Waals surface area contributed by atoms with E-state index < -0.39 is 24.7 Å². The first-order chi connectivity index (χ1) is 13.2. The fourth-order valence-electron chi connectivity index (χ4n) is 1.96. The molecule has 0 saturated heterocycles. The molecule has 0 spiro atoms. The van der Waals surface area contributed by atoms with Gasteiger partial charge in [-0.25, -0.2) is 0 Å². The highest BCUT2D eigenvalue weighted by Gasteiger charge is 2.29. The minimum Gasteiger partial charge on any atom is -0.489 e. The van der Waals surface area contributed by atoms with Crippen LogP contribution in [0.25, 0.3) is 0 Å². The molecule has 1 heterocycles. The van der Waals surface area contributed by atoms with Gasteiger partial charge in [-0.2, -0.15) is 13.2 Å². The van der Waals surface area contributed by atoms with Crippen LogP contribution in [-0.2, 0) is 16.2 Å². The first-order valence-electron chi connectivity index (χ1n) is 8.20. The molecule has 1 unspecified atom stereocenters. The molecule has 1 aromatic heterocycles. The molecule has 2 rings (SSSR count). The Bertz CT molecular complexity index is 813. The topological polar surface area (TPSA) is 98.8 Å². The van der Waals surface area contributed by atoms with E-state index in [0.29, 0.717) is 17.9 Å². The summed E-state index contributed by atoms with van der Waals surface area (Å²) in [5.74, 6) is -0.486. The quantitative estimate of drug-likeness (QED) is 0.406. The van der Waals surface area contributed by atoms with E-state index in [-0.39, 0.29) is 5.84 Å². The number of rotatable bonds is 8. The van der Waals surface area contributed by atoms with Crippen molar-refractivity contribution in [3.63, 3.8) is 0 Å². The van der Waals surface area contributed by atoms with Gasteiger partial charge in [0.2, 0.25) is 6.10 Å². The zero-order valence-electron chi connectivity index (χ0n) is 14.9. The molecule has 0 fully saturated rings. The van der Waals surface area contributed by atoms with E-state index >= 15 is 0 Å². The molecule has 10 heteroatoms. The van der Waals surface area contributed by atoms with E-state index in [4.69, 9.17) is 15.3 Å². The number of amidine groups is 1. The van der Waals surface area contributed by atoms with Gasteiger partial charge >= 0.3 is 6.18 Å². The largest absolute Gasteiger partial charge is 0.489 e. The Balaban J connectivity index is 1.92. The third-order valence-corrected chi connectivity index (χ3v) is 3.40. The number of hydrogen-bond donors (Lipinski definition) is 2. The SMILES string of the molecule is CC(O/N=C(/N)c1cccc(OCc2cccnc2)c1)C(=O)NCC(F)(F)F. The third-order valence-electron chi connectivity index (χ3n) is 3.40. The number of nitrogens with two attached hydrogens (primary N) is 1. The Kier molecular flexibility index (Phi) is 7.19. The van der Waals surface area contributed by atoms with Crippen LogP contribution in [0.5, 0.6) is 5.75 Å². The van der Waals surface area contributed by atoms with Crippen LogP contribution < -0.4 is 15.8 Å². The van der Waals surface area contributed by atoms with Crippen molar-refractivity contribution in [3.8, 4) is 5.75 Å². The lowest BCUT2D eigenvalue weighted by Crippen LogP contribution is -2.39. The highest BCUT2D eigenvalue weighted by atomic mass is 19.4. The minimum atomic E-state index is -4.51. The second-order valence-electron chi connectivity index (χ2n) is 5.73. The monoisotopic (exact) mass is 396 g/mol. The zero-order valence-corrected chi connectivity index (χ0v) is 14.9. The van der Waals surface area contributed by atoms with Gasteiger partial charge in [-0.3, -0.25) is 9.78 Å². The second kappa shape index (κ2) is 9.58. The molecular weight excluding hydrogens is 377 g/mol. The molecule has 0 aliphatic carbocycles. The summed E-state index contributed by atoms with van der Waals surface area (Å²) in [6, 6.07) is 10.3. The number of halogens is 3. The molecule has 2 aromatic rings. The standard InChI is InChI=1S/C18H19F3N4O3/c1-12(17(26)24-11-18(19,20)21)28-25-16(22)14-5-2-6-15(8-14)27-10-13-4-3-7-23-9-13/h2-9,12H,10-11H2,1H3,(H2,22,25)(H,24,26). The van der Waals surface area contributed by atoms with Crippen LogP contribution in [0, 0.1) is 0 Å². The van der Waals surface area contributed by atoms with Crippen molar-refractivity contribution in [2.24, 2.45) is 10.9 Å². The van der Waals surface area contributed by atoms with Gasteiger partial charge in [0, 0.05) is 23.5 Å². The Hall–Kier alpha value is -3.30. The summed E-state index contributed by atoms with van der Waals surface area (Å²) < 4.78 is 42.0. The van der Waals surface area contributed by atoms with Gasteiger partial charge in [0.05, 0.1) is 0 Å². The maximum atomic E-state index is 12.1. The summed E-state index contributed by atoms with van der Waals surface area (Å²) in [5, 5.41) is 5.31. The fourth-order valence-corrected chi connectivity index (χ4v) is 1.96. The maximum Gasteiger partial charge on any atom is 0.405 e. The number of benzene rings is 1. The van der Waals surface area contributed by atoms with Crippen molar-refractivity contribution in [3.05, 3.63) is 59.9 Å². The number of oxime groups is 1. The van der Waals surface area contributed by atoms with Crippen LogP contribution in [-0.4, -0.2) is 35.6 Å². The molecule has 0 aliphatic rings. The van der Waals surface area contributed by atoms with Gasteiger partial charge in [0.1, 0.15) is 18.9 Å². The minimum absolute atomic E-state index is 0.0534. The first kappa shape index (κ1) is 21.0. The summed E-state index contributed by atoms with van der Waals surface area (Å²) in [5.41, 5.74) is 7.16. The molecule has 0 aliphatic heterocycles. The molecule has 0 bridgehead atoms. The van der Waals surface area contributed by atoms with Crippen LogP contribution in [0.2, 0.25) is 0 Å². The lowest BCUT2D eigenvalue weighted by Gasteiger charge is -2.12. The van der Waals surface area contributed by atoms with Crippen LogP contribution in [0.4, 0.5) is 13.2 Å². The summed E-state index contributed by atoms with van der Waals surface area (Å²) in [4.78, 5) is 20.4. The van der Waals surface area contributed by atoms with Gasteiger partial charge in [-0.05, 0) is 25.1 Å². The Morgan fingerprint density at radius 3 is 2.79 bits per heavy atom. The molecule has 1 aromatic carbocycles. The average Bonchev–Trinajstić information content (AvgIpc) is 2.68. The average molecular weight is 396 g/mol. The number of carbonyl (C=O) groups is 1. The van der Waals surface area contributed by atoms with Crippen LogP contribution in [0.3, 0.4) is 0 Å². The predicted molar refractivity (Wildman–Crippen MR) is 95.3 cm³/mol. The molecule has 3 N–H and O–H groups in total.